The van der Waals surface area contributed by atoms with Crippen molar-refractivity contribution in [3.63, 3.8) is 0 Å². The van der Waals surface area contributed by atoms with Crippen molar-refractivity contribution >= 4 is 5.91 Å². The Balaban J connectivity index is 2.16. The fourth-order valence-corrected chi connectivity index (χ4v) is 2.02. The maximum Gasteiger partial charge on any atom is 0.257 e. The highest BCUT2D eigenvalue weighted by molar-refractivity contribution is 5.96. The molecule has 1 aliphatic heterocycles. The molecule has 0 aromatic heterocycles. The van der Waals surface area contributed by atoms with Gasteiger partial charge in [-0.1, -0.05) is 12.1 Å². The first-order valence-corrected chi connectivity index (χ1v) is 5.51. The van der Waals surface area contributed by atoms with Crippen molar-refractivity contribution in [2.75, 3.05) is 13.1 Å². The lowest BCUT2D eigenvalue weighted by Gasteiger charge is -2.30. The quantitative estimate of drug-likeness (QED) is 0.740. The van der Waals surface area contributed by atoms with E-state index in [9.17, 15) is 9.90 Å². The summed E-state index contributed by atoms with van der Waals surface area (Å²) in [6, 6.07) is 6.67. The molecule has 4 nitrogen and oxygen atoms in total. The van der Waals surface area contributed by atoms with Crippen LogP contribution in [0.25, 0.3) is 0 Å². The molecule has 4 heteroatoms. The van der Waals surface area contributed by atoms with Gasteiger partial charge in [-0.15, -0.1) is 0 Å². The highest BCUT2D eigenvalue weighted by atomic mass is 16.3. The van der Waals surface area contributed by atoms with Crippen LogP contribution >= 0.6 is 0 Å². The van der Waals surface area contributed by atoms with Gasteiger partial charge in [-0.2, -0.15) is 0 Å². The van der Waals surface area contributed by atoms with E-state index in [0.717, 1.165) is 19.4 Å². The van der Waals surface area contributed by atoms with Gasteiger partial charge in [0, 0.05) is 19.1 Å². The van der Waals surface area contributed by atoms with E-state index in [4.69, 9.17) is 5.73 Å². The van der Waals surface area contributed by atoms with Gasteiger partial charge in [-0.3, -0.25) is 4.79 Å². The molecule has 0 bridgehead atoms. The number of phenolic OH excluding ortho intramolecular Hbond substituents is 1. The van der Waals surface area contributed by atoms with Gasteiger partial charge in [0.05, 0.1) is 5.56 Å². The normalized spacial score (nSPS) is 20.8. The van der Waals surface area contributed by atoms with Crippen molar-refractivity contribution in [2.45, 2.75) is 18.9 Å². The highest BCUT2D eigenvalue weighted by Gasteiger charge is 2.23. The molecule has 0 radical (unpaired) electrons. The number of amides is 1. The number of rotatable bonds is 1. The maximum absolute atomic E-state index is 12.1. The smallest absolute Gasteiger partial charge is 0.257 e. The number of piperidine rings is 1. The number of benzene rings is 1. The summed E-state index contributed by atoms with van der Waals surface area (Å²) in [6.45, 7) is 1.30. The Labute approximate surface area is 94.7 Å². The van der Waals surface area contributed by atoms with Crippen LogP contribution in [0.1, 0.15) is 23.2 Å². The van der Waals surface area contributed by atoms with Gasteiger partial charge < -0.3 is 15.7 Å². The number of nitrogens with zero attached hydrogens (tertiary/aromatic N) is 1. The third-order valence-electron chi connectivity index (χ3n) is 2.88. The fraction of sp³-hybridized carbons (Fsp3) is 0.417. The summed E-state index contributed by atoms with van der Waals surface area (Å²) >= 11 is 0. The predicted octanol–water partition coefficient (Wildman–Crippen LogP) is 0.955. The van der Waals surface area contributed by atoms with Gasteiger partial charge in [0.2, 0.25) is 0 Å². The predicted molar refractivity (Wildman–Crippen MR) is 61.2 cm³/mol. The molecule has 1 amide bonds. The van der Waals surface area contributed by atoms with E-state index in [-0.39, 0.29) is 17.7 Å². The van der Waals surface area contributed by atoms with Gasteiger partial charge in [0.25, 0.3) is 5.91 Å². The number of carbonyl (C=O) groups excluding carboxylic acids is 1. The molecule has 1 heterocycles. The lowest BCUT2D eigenvalue weighted by molar-refractivity contribution is 0.0706. The first-order chi connectivity index (χ1) is 7.68. The number of nitrogens with two attached hydrogens (primary N) is 1. The average Bonchev–Trinajstić information content (AvgIpc) is 2.29. The van der Waals surface area contributed by atoms with E-state index in [2.05, 4.69) is 0 Å². The van der Waals surface area contributed by atoms with Crippen LogP contribution in [-0.2, 0) is 0 Å². The van der Waals surface area contributed by atoms with E-state index in [1.807, 2.05) is 0 Å². The molecule has 1 unspecified atom stereocenters. The largest absolute Gasteiger partial charge is 0.507 e. The number of phenols is 1. The molecule has 86 valence electrons. The van der Waals surface area contributed by atoms with Crippen LogP contribution < -0.4 is 5.73 Å². The zero-order chi connectivity index (χ0) is 11.5. The standard InChI is InChI=1S/C12H16N2O2/c13-9-4-3-7-14(8-9)12(16)10-5-1-2-6-11(10)15/h1-2,5-6,9,15H,3-4,7-8,13H2. The maximum atomic E-state index is 12.1. The van der Waals surface area contributed by atoms with Crippen molar-refractivity contribution in [1.29, 1.82) is 0 Å². The minimum absolute atomic E-state index is 0.0339. The summed E-state index contributed by atoms with van der Waals surface area (Å²) in [5.74, 6) is -0.0973. The van der Waals surface area contributed by atoms with Crippen molar-refractivity contribution < 1.29 is 9.90 Å². The SMILES string of the molecule is NC1CCCN(C(=O)c2ccccc2O)C1. The second-order valence-electron chi connectivity index (χ2n) is 4.17. The Morgan fingerprint density at radius 3 is 2.88 bits per heavy atom. The minimum Gasteiger partial charge on any atom is -0.507 e. The Bertz CT molecular complexity index is 392. The van der Waals surface area contributed by atoms with Crippen molar-refractivity contribution in [3.8, 4) is 5.75 Å². The van der Waals surface area contributed by atoms with Gasteiger partial charge in [0.1, 0.15) is 5.75 Å². The third-order valence-corrected chi connectivity index (χ3v) is 2.88. The molecule has 16 heavy (non-hydrogen) atoms. The molecular formula is C12H16N2O2. The van der Waals surface area contributed by atoms with E-state index in [1.54, 1.807) is 23.1 Å². The van der Waals surface area contributed by atoms with Crippen LogP contribution in [0.15, 0.2) is 24.3 Å². The number of hydrogen-bond acceptors (Lipinski definition) is 3. The van der Waals surface area contributed by atoms with Crippen molar-refractivity contribution in [3.05, 3.63) is 29.8 Å². The summed E-state index contributed by atoms with van der Waals surface area (Å²) in [5.41, 5.74) is 6.18. The molecule has 1 aromatic carbocycles. The summed E-state index contributed by atoms with van der Waals surface area (Å²) in [6.07, 6.45) is 1.89. The number of hydrogen-bond donors (Lipinski definition) is 2. The van der Waals surface area contributed by atoms with Crippen LogP contribution in [-0.4, -0.2) is 35.0 Å². The molecule has 2 rings (SSSR count). The molecule has 1 aliphatic rings. The summed E-state index contributed by atoms with van der Waals surface area (Å²) < 4.78 is 0. The number of para-hydroxylation sites is 1. The molecular weight excluding hydrogens is 204 g/mol. The van der Waals surface area contributed by atoms with Crippen LogP contribution in [0, 0.1) is 0 Å². The lowest BCUT2D eigenvalue weighted by atomic mass is 10.1. The van der Waals surface area contributed by atoms with Gasteiger partial charge in [-0.05, 0) is 25.0 Å². The zero-order valence-corrected chi connectivity index (χ0v) is 9.10. The molecule has 0 spiro atoms. The van der Waals surface area contributed by atoms with Crippen LogP contribution in [0.5, 0.6) is 5.75 Å². The summed E-state index contributed by atoms with van der Waals surface area (Å²) in [4.78, 5) is 13.8. The second kappa shape index (κ2) is 4.53. The zero-order valence-electron chi connectivity index (χ0n) is 9.10. The molecule has 1 aromatic rings. The van der Waals surface area contributed by atoms with E-state index < -0.39 is 0 Å². The average molecular weight is 220 g/mol. The Kier molecular flexibility index (Phi) is 3.10. The first-order valence-electron chi connectivity index (χ1n) is 5.51. The van der Waals surface area contributed by atoms with E-state index in [1.165, 1.54) is 6.07 Å². The first kappa shape index (κ1) is 11.0. The van der Waals surface area contributed by atoms with Crippen LogP contribution in [0.3, 0.4) is 0 Å². The minimum atomic E-state index is -0.131. The summed E-state index contributed by atoms with van der Waals surface area (Å²) in [7, 11) is 0. The molecule has 0 saturated carbocycles. The molecule has 1 fully saturated rings. The van der Waals surface area contributed by atoms with Crippen LogP contribution in [0.2, 0.25) is 0 Å². The Hall–Kier alpha value is -1.55. The van der Waals surface area contributed by atoms with E-state index in [0.29, 0.717) is 12.1 Å². The fourth-order valence-electron chi connectivity index (χ4n) is 2.02. The topological polar surface area (TPSA) is 66.6 Å². The Morgan fingerprint density at radius 1 is 1.44 bits per heavy atom. The van der Waals surface area contributed by atoms with Crippen molar-refractivity contribution in [1.82, 2.24) is 4.90 Å². The van der Waals surface area contributed by atoms with Crippen LogP contribution in [0.4, 0.5) is 0 Å². The van der Waals surface area contributed by atoms with Gasteiger partial charge in [0.15, 0.2) is 0 Å². The van der Waals surface area contributed by atoms with Gasteiger partial charge in [-0.25, -0.2) is 0 Å². The monoisotopic (exact) mass is 220 g/mol. The molecule has 3 N–H and O–H groups in total. The second-order valence-corrected chi connectivity index (χ2v) is 4.17. The van der Waals surface area contributed by atoms with Gasteiger partial charge >= 0.3 is 0 Å². The molecule has 0 aliphatic carbocycles. The van der Waals surface area contributed by atoms with E-state index >= 15 is 0 Å². The Morgan fingerprint density at radius 2 is 2.19 bits per heavy atom. The lowest BCUT2D eigenvalue weighted by Crippen LogP contribution is -2.45. The number of aromatic hydroxyl groups is 1. The molecule has 1 saturated heterocycles. The number of carbonyl (C=O) groups is 1. The molecule has 1 atom stereocenters. The third kappa shape index (κ3) is 2.17. The highest BCUT2D eigenvalue weighted by Crippen LogP contribution is 2.19. The number of likely N-dealkylation sites (tertiary alicyclic amines) is 1. The van der Waals surface area contributed by atoms with Crippen molar-refractivity contribution in [2.24, 2.45) is 5.73 Å². The summed E-state index contributed by atoms with van der Waals surface area (Å²) in [5, 5.41) is 9.60.